The smallest absolute Gasteiger partial charge is 0.278 e. The van der Waals surface area contributed by atoms with Gasteiger partial charge >= 0.3 is 0 Å². The molecule has 1 aliphatic heterocycles. The number of nitrogens with zero attached hydrogens (tertiary/aromatic N) is 4. The Labute approximate surface area is 155 Å². The number of ether oxygens (including phenoxy) is 2. The predicted octanol–water partition coefficient (Wildman–Crippen LogP) is 2.86. The van der Waals surface area contributed by atoms with Crippen molar-refractivity contribution in [3.63, 3.8) is 0 Å². The highest BCUT2D eigenvalue weighted by atomic mass is 32.1. The molecule has 2 aromatic heterocycles. The molecule has 3 heterocycles. The number of benzene rings is 1. The quantitative estimate of drug-likeness (QED) is 0.689. The summed E-state index contributed by atoms with van der Waals surface area (Å²) in [6, 6.07) is 7.51. The molecule has 1 aromatic carbocycles. The Morgan fingerprint density at radius 1 is 1.46 bits per heavy atom. The third kappa shape index (κ3) is 3.06. The minimum atomic E-state index is -0.126. The highest BCUT2D eigenvalue weighted by molar-refractivity contribution is 7.22. The molecule has 1 amide bonds. The number of carbonyl (C=O) groups excluding carboxylic acids is 1. The first-order valence-corrected chi connectivity index (χ1v) is 9.34. The zero-order chi connectivity index (χ0) is 18.1. The Balaban J connectivity index is 1.74. The second-order valence-corrected chi connectivity index (χ2v) is 7.20. The minimum absolute atomic E-state index is 0.0288. The van der Waals surface area contributed by atoms with Crippen LogP contribution >= 0.6 is 11.3 Å². The lowest BCUT2D eigenvalue weighted by Gasteiger charge is -2.22. The Hall–Kier alpha value is -2.45. The maximum atomic E-state index is 13.2. The standard InChI is InChI=1S/C18H20N4O3S/c1-21-13(8-9-19-21)17(23)22(11-12-5-4-10-25-12)18-20-16-14(24-2)6-3-7-15(16)26-18/h3,6-9,12H,4-5,10-11H2,1-2H3. The maximum absolute atomic E-state index is 13.2. The summed E-state index contributed by atoms with van der Waals surface area (Å²) >= 11 is 1.48. The summed E-state index contributed by atoms with van der Waals surface area (Å²) in [4.78, 5) is 19.6. The lowest BCUT2D eigenvalue weighted by atomic mass is 10.2. The number of carbonyl (C=O) groups is 1. The van der Waals surface area contributed by atoms with Crippen LogP contribution in [-0.4, -0.2) is 47.0 Å². The number of hydrogen-bond acceptors (Lipinski definition) is 6. The van der Waals surface area contributed by atoms with Crippen molar-refractivity contribution < 1.29 is 14.3 Å². The zero-order valence-electron chi connectivity index (χ0n) is 14.7. The van der Waals surface area contributed by atoms with Crippen LogP contribution in [-0.2, 0) is 11.8 Å². The molecule has 4 rings (SSSR count). The molecular weight excluding hydrogens is 352 g/mol. The van der Waals surface area contributed by atoms with Gasteiger partial charge in [0.15, 0.2) is 5.13 Å². The zero-order valence-corrected chi connectivity index (χ0v) is 15.5. The maximum Gasteiger partial charge on any atom is 0.278 e. The first kappa shape index (κ1) is 17.0. The number of amides is 1. The predicted molar refractivity (Wildman–Crippen MR) is 100 cm³/mol. The van der Waals surface area contributed by atoms with Crippen LogP contribution in [0.2, 0.25) is 0 Å². The number of methoxy groups -OCH3 is 1. The number of aromatic nitrogens is 3. The molecule has 1 saturated heterocycles. The van der Waals surface area contributed by atoms with Crippen molar-refractivity contribution >= 4 is 32.6 Å². The van der Waals surface area contributed by atoms with Crippen molar-refractivity contribution in [2.75, 3.05) is 25.2 Å². The number of thiazole rings is 1. The van der Waals surface area contributed by atoms with Gasteiger partial charge in [0.25, 0.3) is 5.91 Å². The molecule has 1 fully saturated rings. The van der Waals surface area contributed by atoms with Gasteiger partial charge in [0, 0.05) is 19.9 Å². The van der Waals surface area contributed by atoms with Crippen molar-refractivity contribution in [1.29, 1.82) is 0 Å². The van der Waals surface area contributed by atoms with Crippen LogP contribution in [0.5, 0.6) is 5.75 Å². The third-order valence-electron chi connectivity index (χ3n) is 4.52. The summed E-state index contributed by atoms with van der Waals surface area (Å²) in [5.41, 5.74) is 1.29. The molecule has 0 radical (unpaired) electrons. The number of hydrogen-bond donors (Lipinski definition) is 0. The Bertz CT molecular complexity index is 930. The van der Waals surface area contributed by atoms with E-state index < -0.39 is 0 Å². The summed E-state index contributed by atoms with van der Waals surface area (Å²) in [5, 5.41) is 4.76. The van der Waals surface area contributed by atoms with Crippen molar-refractivity contribution in [3.8, 4) is 5.75 Å². The van der Waals surface area contributed by atoms with E-state index in [-0.39, 0.29) is 12.0 Å². The summed E-state index contributed by atoms with van der Waals surface area (Å²) < 4.78 is 13.7. The molecule has 0 spiro atoms. The van der Waals surface area contributed by atoms with E-state index in [9.17, 15) is 4.79 Å². The van der Waals surface area contributed by atoms with Gasteiger partial charge in [-0.05, 0) is 31.0 Å². The van der Waals surface area contributed by atoms with E-state index in [1.165, 1.54) is 11.3 Å². The van der Waals surface area contributed by atoms with Gasteiger partial charge in [-0.2, -0.15) is 5.10 Å². The molecule has 1 atom stereocenters. The molecule has 1 aliphatic rings. The topological polar surface area (TPSA) is 69.5 Å². The number of para-hydroxylation sites is 1. The summed E-state index contributed by atoms with van der Waals surface area (Å²) in [6.07, 6.45) is 3.62. The number of fused-ring (bicyclic) bond motifs is 1. The fraction of sp³-hybridized carbons (Fsp3) is 0.389. The van der Waals surface area contributed by atoms with E-state index in [0.717, 1.165) is 29.7 Å². The lowest BCUT2D eigenvalue weighted by molar-refractivity contribution is 0.0909. The average Bonchev–Trinajstić information content (AvgIpc) is 3.38. The van der Waals surface area contributed by atoms with E-state index in [0.29, 0.717) is 23.1 Å². The Morgan fingerprint density at radius 3 is 3.04 bits per heavy atom. The molecule has 26 heavy (non-hydrogen) atoms. The van der Waals surface area contributed by atoms with Gasteiger partial charge in [-0.1, -0.05) is 17.4 Å². The molecule has 3 aromatic rings. The van der Waals surface area contributed by atoms with Crippen LogP contribution in [0, 0.1) is 0 Å². The van der Waals surface area contributed by atoms with E-state index in [2.05, 4.69) is 5.10 Å². The van der Waals surface area contributed by atoms with Crippen molar-refractivity contribution in [2.24, 2.45) is 7.05 Å². The summed E-state index contributed by atoms with van der Waals surface area (Å²) in [5.74, 6) is 0.577. The van der Waals surface area contributed by atoms with E-state index in [1.807, 2.05) is 18.2 Å². The molecule has 1 unspecified atom stereocenters. The van der Waals surface area contributed by atoms with Gasteiger partial charge in [-0.15, -0.1) is 0 Å². The number of rotatable bonds is 5. The number of anilines is 1. The van der Waals surface area contributed by atoms with Crippen LogP contribution in [0.4, 0.5) is 5.13 Å². The highest BCUT2D eigenvalue weighted by Gasteiger charge is 2.28. The van der Waals surface area contributed by atoms with Gasteiger partial charge in [-0.3, -0.25) is 14.4 Å². The van der Waals surface area contributed by atoms with Crippen LogP contribution < -0.4 is 9.64 Å². The average molecular weight is 372 g/mol. The van der Waals surface area contributed by atoms with Gasteiger partial charge in [0.2, 0.25) is 0 Å². The lowest BCUT2D eigenvalue weighted by Crippen LogP contribution is -2.38. The van der Waals surface area contributed by atoms with Crippen LogP contribution in [0.3, 0.4) is 0 Å². The van der Waals surface area contributed by atoms with Crippen LogP contribution in [0.15, 0.2) is 30.5 Å². The molecule has 0 N–H and O–H groups in total. The normalized spacial score (nSPS) is 16.9. The molecule has 0 bridgehead atoms. The first-order chi connectivity index (χ1) is 12.7. The molecule has 7 nitrogen and oxygen atoms in total. The van der Waals surface area contributed by atoms with E-state index in [4.69, 9.17) is 14.5 Å². The van der Waals surface area contributed by atoms with Gasteiger partial charge < -0.3 is 9.47 Å². The molecular formula is C18H20N4O3S. The molecule has 0 aliphatic carbocycles. The second-order valence-electron chi connectivity index (χ2n) is 6.19. The largest absolute Gasteiger partial charge is 0.494 e. The van der Waals surface area contributed by atoms with Crippen LogP contribution in [0.25, 0.3) is 10.2 Å². The minimum Gasteiger partial charge on any atom is -0.494 e. The van der Waals surface area contributed by atoms with Gasteiger partial charge in [0.1, 0.15) is 17.0 Å². The fourth-order valence-corrected chi connectivity index (χ4v) is 4.14. The second kappa shape index (κ2) is 7.05. The highest BCUT2D eigenvalue weighted by Crippen LogP contribution is 2.35. The number of aryl methyl sites for hydroxylation is 1. The summed E-state index contributed by atoms with van der Waals surface area (Å²) in [7, 11) is 3.39. The van der Waals surface area contributed by atoms with E-state index >= 15 is 0 Å². The summed E-state index contributed by atoms with van der Waals surface area (Å²) in [6.45, 7) is 1.22. The van der Waals surface area contributed by atoms with Crippen molar-refractivity contribution in [3.05, 3.63) is 36.2 Å². The van der Waals surface area contributed by atoms with E-state index in [1.54, 1.807) is 36.0 Å². The van der Waals surface area contributed by atoms with Crippen molar-refractivity contribution in [1.82, 2.24) is 14.8 Å². The Kier molecular flexibility index (Phi) is 4.60. The van der Waals surface area contributed by atoms with Gasteiger partial charge in [0.05, 0.1) is 24.5 Å². The van der Waals surface area contributed by atoms with Crippen molar-refractivity contribution in [2.45, 2.75) is 18.9 Å². The SMILES string of the molecule is COc1cccc2sc(N(CC3CCCO3)C(=O)c3ccnn3C)nc12. The molecule has 136 valence electrons. The monoisotopic (exact) mass is 372 g/mol. The first-order valence-electron chi connectivity index (χ1n) is 8.52. The molecule has 0 saturated carbocycles. The molecule has 8 heteroatoms. The third-order valence-corrected chi connectivity index (χ3v) is 5.56. The van der Waals surface area contributed by atoms with Crippen LogP contribution in [0.1, 0.15) is 23.3 Å². The fourth-order valence-electron chi connectivity index (χ4n) is 3.15. The Morgan fingerprint density at radius 2 is 2.35 bits per heavy atom. The van der Waals surface area contributed by atoms with Gasteiger partial charge in [-0.25, -0.2) is 4.98 Å².